The zero-order valence-electron chi connectivity index (χ0n) is 13.6. The summed E-state index contributed by atoms with van der Waals surface area (Å²) in [6, 6.07) is -0.353. The Morgan fingerprint density at radius 3 is 2.74 bits per heavy atom. The molecule has 1 aromatic heterocycles. The summed E-state index contributed by atoms with van der Waals surface area (Å²) < 4.78 is 5.11. The number of nitrogens with zero attached hydrogens (tertiary/aromatic N) is 2. The smallest absolute Gasteiger partial charge is 0.243 e. The number of hydrogen-bond acceptors (Lipinski definition) is 5. The lowest BCUT2D eigenvalue weighted by molar-refractivity contribution is -0.141. The lowest BCUT2D eigenvalue weighted by atomic mass is 10.1. The molecule has 2 amide bonds. The Morgan fingerprint density at radius 1 is 1.35 bits per heavy atom. The van der Waals surface area contributed by atoms with Gasteiger partial charge in [0.25, 0.3) is 0 Å². The van der Waals surface area contributed by atoms with Gasteiger partial charge in [-0.1, -0.05) is 18.0 Å². The Bertz CT molecular complexity index is 576. The lowest BCUT2D eigenvalue weighted by Crippen LogP contribution is -2.48. The van der Waals surface area contributed by atoms with Crippen molar-refractivity contribution in [3.63, 3.8) is 0 Å². The van der Waals surface area contributed by atoms with Crippen molar-refractivity contribution in [3.8, 4) is 0 Å². The Labute approximate surface area is 140 Å². The molecule has 6 nitrogen and oxygen atoms in total. The number of hydrogen-bond donors (Lipinski definition) is 1. The third-order valence-corrected chi connectivity index (χ3v) is 5.81. The van der Waals surface area contributed by atoms with Crippen molar-refractivity contribution >= 4 is 23.6 Å². The highest BCUT2D eigenvalue weighted by Gasteiger charge is 2.38. The van der Waals surface area contributed by atoms with Gasteiger partial charge in [0.1, 0.15) is 11.8 Å². The van der Waals surface area contributed by atoms with Gasteiger partial charge in [-0.15, -0.1) is 11.8 Å². The molecule has 0 spiro atoms. The van der Waals surface area contributed by atoms with Gasteiger partial charge in [0, 0.05) is 23.8 Å². The van der Waals surface area contributed by atoms with E-state index in [1.807, 2.05) is 13.8 Å². The predicted octanol–water partition coefficient (Wildman–Crippen LogP) is 2.00. The van der Waals surface area contributed by atoms with Crippen LogP contribution in [-0.2, 0) is 16.1 Å². The number of carbonyl (C=O) groups is 2. The molecule has 1 saturated carbocycles. The number of rotatable bonds is 4. The van der Waals surface area contributed by atoms with Crippen LogP contribution >= 0.6 is 11.8 Å². The van der Waals surface area contributed by atoms with E-state index in [0.29, 0.717) is 18.2 Å². The van der Waals surface area contributed by atoms with Crippen LogP contribution in [0.5, 0.6) is 0 Å². The molecule has 0 radical (unpaired) electrons. The van der Waals surface area contributed by atoms with E-state index in [0.717, 1.165) is 42.7 Å². The topological polar surface area (TPSA) is 75.4 Å². The molecule has 1 aliphatic heterocycles. The number of thioether (sulfide) groups is 1. The van der Waals surface area contributed by atoms with E-state index in [-0.39, 0.29) is 23.8 Å². The fraction of sp³-hybridized carbons (Fsp3) is 0.688. The summed E-state index contributed by atoms with van der Waals surface area (Å²) in [5, 5.41) is 6.83. The molecule has 3 rings (SSSR count). The van der Waals surface area contributed by atoms with Crippen LogP contribution < -0.4 is 5.32 Å². The average Bonchev–Trinajstić information content (AvgIpc) is 3.26. The van der Waals surface area contributed by atoms with E-state index >= 15 is 0 Å². The number of amides is 2. The molecule has 1 aliphatic carbocycles. The molecule has 0 unspecified atom stereocenters. The van der Waals surface area contributed by atoms with Crippen molar-refractivity contribution in [3.05, 3.63) is 17.0 Å². The maximum Gasteiger partial charge on any atom is 0.243 e. The molecule has 2 aliphatic rings. The van der Waals surface area contributed by atoms with E-state index in [9.17, 15) is 9.59 Å². The highest BCUT2D eigenvalue weighted by atomic mass is 32.2. The summed E-state index contributed by atoms with van der Waals surface area (Å²) in [5.41, 5.74) is 1.71. The number of aryl methyl sites for hydroxylation is 2. The van der Waals surface area contributed by atoms with Gasteiger partial charge in [-0.05, 0) is 26.7 Å². The first kappa shape index (κ1) is 16.4. The second-order valence-electron chi connectivity index (χ2n) is 6.33. The summed E-state index contributed by atoms with van der Waals surface area (Å²) in [6.45, 7) is 4.09. The number of aromatic nitrogens is 1. The van der Waals surface area contributed by atoms with Crippen molar-refractivity contribution in [1.82, 2.24) is 15.4 Å². The van der Waals surface area contributed by atoms with E-state index in [1.165, 1.54) is 0 Å². The van der Waals surface area contributed by atoms with Crippen LogP contribution in [0.2, 0.25) is 0 Å². The first-order valence-corrected chi connectivity index (χ1v) is 9.31. The zero-order chi connectivity index (χ0) is 16.4. The van der Waals surface area contributed by atoms with Crippen LogP contribution in [0.4, 0.5) is 0 Å². The van der Waals surface area contributed by atoms with Crippen LogP contribution in [0.1, 0.15) is 42.7 Å². The average molecular weight is 337 g/mol. The lowest BCUT2D eigenvalue weighted by Gasteiger charge is -2.25. The van der Waals surface area contributed by atoms with Gasteiger partial charge in [0.05, 0.1) is 11.6 Å². The van der Waals surface area contributed by atoms with Crippen LogP contribution in [0.15, 0.2) is 4.52 Å². The molecule has 126 valence electrons. The van der Waals surface area contributed by atoms with E-state index in [2.05, 4.69) is 10.5 Å². The zero-order valence-corrected chi connectivity index (χ0v) is 14.4. The highest BCUT2D eigenvalue weighted by molar-refractivity contribution is 7.99. The summed E-state index contributed by atoms with van der Waals surface area (Å²) >= 11 is 1.65. The Hall–Kier alpha value is -1.50. The van der Waals surface area contributed by atoms with Crippen molar-refractivity contribution in [2.45, 2.75) is 52.1 Å². The molecule has 2 heterocycles. The highest BCUT2D eigenvalue weighted by Crippen LogP contribution is 2.30. The van der Waals surface area contributed by atoms with Crippen LogP contribution in [0, 0.1) is 19.8 Å². The fourth-order valence-electron chi connectivity index (χ4n) is 3.33. The molecular weight excluding hydrogens is 314 g/mol. The summed E-state index contributed by atoms with van der Waals surface area (Å²) in [6.07, 6.45) is 4.18. The first-order chi connectivity index (χ1) is 11.1. The molecule has 1 atom stereocenters. The van der Waals surface area contributed by atoms with Gasteiger partial charge in [-0.3, -0.25) is 9.59 Å². The standard InChI is InChI=1S/C16H23N3O3S/c1-10-13(11(2)22-18-10)7-17-15(20)14-8-23-9-19(14)16(21)12-5-3-4-6-12/h12,14H,3-9H2,1-2H3,(H,17,20)/t14-/m0/s1. The Morgan fingerprint density at radius 2 is 2.09 bits per heavy atom. The summed E-state index contributed by atoms with van der Waals surface area (Å²) in [5.74, 6) is 2.21. The fourth-order valence-corrected chi connectivity index (χ4v) is 4.50. The quantitative estimate of drug-likeness (QED) is 0.909. The van der Waals surface area contributed by atoms with E-state index < -0.39 is 0 Å². The Kier molecular flexibility index (Phi) is 4.94. The summed E-state index contributed by atoms with van der Waals surface area (Å²) in [7, 11) is 0. The van der Waals surface area contributed by atoms with E-state index in [1.54, 1.807) is 16.7 Å². The van der Waals surface area contributed by atoms with Gasteiger partial charge >= 0.3 is 0 Å². The van der Waals surface area contributed by atoms with Crippen LogP contribution in [0.3, 0.4) is 0 Å². The summed E-state index contributed by atoms with van der Waals surface area (Å²) in [4.78, 5) is 26.9. The first-order valence-electron chi connectivity index (χ1n) is 8.15. The second-order valence-corrected chi connectivity index (χ2v) is 7.33. The van der Waals surface area contributed by atoms with Gasteiger partial charge in [-0.25, -0.2) is 0 Å². The van der Waals surface area contributed by atoms with Gasteiger partial charge in [-0.2, -0.15) is 0 Å². The van der Waals surface area contributed by atoms with Gasteiger partial charge in [0.2, 0.25) is 11.8 Å². The third-order valence-electron chi connectivity index (χ3n) is 4.79. The minimum Gasteiger partial charge on any atom is -0.361 e. The molecule has 7 heteroatoms. The predicted molar refractivity (Wildman–Crippen MR) is 87.7 cm³/mol. The minimum absolute atomic E-state index is 0.0821. The second kappa shape index (κ2) is 6.95. The molecule has 2 fully saturated rings. The van der Waals surface area contributed by atoms with Gasteiger partial charge < -0.3 is 14.7 Å². The van der Waals surface area contributed by atoms with Crippen LogP contribution in [0.25, 0.3) is 0 Å². The molecule has 1 aromatic rings. The monoisotopic (exact) mass is 337 g/mol. The molecule has 0 aromatic carbocycles. The van der Waals surface area contributed by atoms with Crippen molar-refractivity contribution < 1.29 is 14.1 Å². The number of carbonyl (C=O) groups excluding carboxylic acids is 2. The number of nitrogens with one attached hydrogen (secondary N) is 1. The molecule has 1 N–H and O–H groups in total. The van der Waals surface area contributed by atoms with Crippen molar-refractivity contribution in [2.24, 2.45) is 5.92 Å². The van der Waals surface area contributed by atoms with Crippen molar-refractivity contribution in [2.75, 3.05) is 11.6 Å². The molecule has 23 heavy (non-hydrogen) atoms. The maximum atomic E-state index is 12.6. The maximum absolute atomic E-state index is 12.6. The van der Waals surface area contributed by atoms with Crippen molar-refractivity contribution in [1.29, 1.82) is 0 Å². The van der Waals surface area contributed by atoms with Gasteiger partial charge in [0.15, 0.2) is 0 Å². The third kappa shape index (κ3) is 3.39. The Balaban J connectivity index is 1.60. The molecular formula is C16H23N3O3S. The normalized spacial score (nSPS) is 21.8. The SMILES string of the molecule is Cc1noc(C)c1CNC(=O)[C@@H]1CSCN1C(=O)C1CCCC1. The minimum atomic E-state index is -0.353. The molecule has 1 saturated heterocycles. The van der Waals surface area contributed by atoms with E-state index in [4.69, 9.17) is 4.52 Å². The largest absolute Gasteiger partial charge is 0.361 e. The van der Waals surface area contributed by atoms with Crippen LogP contribution in [-0.4, -0.2) is 39.5 Å². The molecule has 0 bridgehead atoms.